The van der Waals surface area contributed by atoms with Gasteiger partial charge in [0.15, 0.2) is 17.1 Å². The third-order valence-electron chi connectivity index (χ3n) is 3.81. The lowest BCUT2D eigenvalue weighted by molar-refractivity contribution is -0.132. The first-order chi connectivity index (χ1) is 10.4. The predicted octanol–water partition coefficient (Wildman–Crippen LogP) is 3.20. The van der Waals surface area contributed by atoms with Crippen molar-refractivity contribution in [3.63, 3.8) is 0 Å². The van der Waals surface area contributed by atoms with Gasteiger partial charge in [-0.05, 0) is 32.4 Å². The van der Waals surface area contributed by atoms with Gasteiger partial charge >= 0.3 is 0 Å². The van der Waals surface area contributed by atoms with E-state index in [4.69, 9.17) is 9.47 Å². The molecular formula is C17H23NO4. The molecule has 1 aromatic rings. The molecule has 0 unspecified atom stereocenters. The number of carbonyl (C=O) groups excluding carboxylic acids is 2. The summed E-state index contributed by atoms with van der Waals surface area (Å²) in [5.74, 6) is 0.899. The quantitative estimate of drug-likeness (QED) is 0.598. The minimum atomic E-state index is -0.949. The number of hydrogen-bond acceptors (Lipinski definition) is 4. The summed E-state index contributed by atoms with van der Waals surface area (Å²) < 4.78 is 11.2. The number of carbonyl (C=O) groups is 2. The van der Waals surface area contributed by atoms with Crippen LogP contribution >= 0.6 is 0 Å². The summed E-state index contributed by atoms with van der Waals surface area (Å²) in [4.78, 5) is 25.5. The van der Waals surface area contributed by atoms with Gasteiger partial charge in [-0.2, -0.15) is 0 Å². The van der Waals surface area contributed by atoms with E-state index in [-0.39, 0.29) is 5.91 Å². The van der Waals surface area contributed by atoms with E-state index in [1.807, 2.05) is 0 Å². The second-order valence-corrected chi connectivity index (χ2v) is 5.97. The number of amides is 1. The minimum Gasteiger partial charge on any atom is -0.493 e. The van der Waals surface area contributed by atoms with Crippen LogP contribution in [-0.2, 0) is 4.79 Å². The van der Waals surface area contributed by atoms with E-state index in [1.165, 1.54) is 7.11 Å². The molecule has 1 aromatic carbocycles. The molecule has 0 saturated heterocycles. The summed E-state index contributed by atoms with van der Waals surface area (Å²) in [5.41, 5.74) is 0.129. The largest absolute Gasteiger partial charge is 0.493 e. The summed E-state index contributed by atoms with van der Waals surface area (Å²) >= 11 is 0. The summed E-state index contributed by atoms with van der Waals surface area (Å²) in [7, 11) is 1.53. The molecule has 0 bridgehead atoms. The van der Waals surface area contributed by atoms with Crippen LogP contribution in [0.4, 0.5) is 5.69 Å². The first-order valence-corrected chi connectivity index (χ1v) is 7.62. The van der Waals surface area contributed by atoms with Crippen molar-refractivity contribution in [1.29, 1.82) is 0 Å². The number of methoxy groups -OCH3 is 1. The van der Waals surface area contributed by atoms with Gasteiger partial charge in [0.1, 0.15) is 6.29 Å². The van der Waals surface area contributed by atoms with Crippen LogP contribution < -0.4 is 14.4 Å². The summed E-state index contributed by atoms with van der Waals surface area (Å²) in [6.07, 6.45) is 3.78. The maximum atomic E-state index is 12.7. The fraction of sp³-hybridized carbons (Fsp3) is 0.529. The van der Waals surface area contributed by atoms with Crippen LogP contribution in [0.15, 0.2) is 12.1 Å². The van der Waals surface area contributed by atoms with Gasteiger partial charge in [0.2, 0.25) is 0 Å². The Morgan fingerprint density at radius 1 is 1.32 bits per heavy atom. The molecule has 0 radical (unpaired) electrons. The van der Waals surface area contributed by atoms with Crippen molar-refractivity contribution in [2.75, 3.05) is 18.6 Å². The van der Waals surface area contributed by atoms with E-state index in [0.717, 1.165) is 25.5 Å². The lowest BCUT2D eigenvalue weighted by atomic mass is 10.0. The number of unbranched alkanes of at least 4 members (excludes halogenated alkanes) is 2. The van der Waals surface area contributed by atoms with E-state index in [1.54, 1.807) is 30.9 Å². The number of anilines is 1. The topological polar surface area (TPSA) is 55.8 Å². The van der Waals surface area contributed by atoms with Crippen LogP contribution in [-0.4, -0.2) is 31.4 Å². The molecule has 0 aliphatic carbocycles. The van der Waals surface area contributed by atoms with Crippen molar-refractivity contribution < 1.29 is 19.1 Å². The van der Waals surface area contributed by atoms with E-state index in [2.05, 4.69) is 6.92 Å². The van der Waals surface area contributed by atoms with E-state index in [9.17, 15) is 9.59 Å². The van der Waals surface area contributed by atoms with Crippen LogP contribution in [0.2, 0.25) is 0 Å². The molecule has 0 spiro atoms. The van der Waals surface area contributed by atoms with E-state index in [0.29, 0.717) is 29.3 Å². The molecule has 1 aliphatic rings. The standard InChI is InChI=1S/C17H23NO4/c1-5-6-7-8-18-13-9-12(11-19)10-14(21-4)15(13)22-17(2,3)16(18)20/h9-11H,5-8H2,1-4H3. The zero-order valence-corrected chi connectivity index (χ0v) is 13.6. The highest BCUT2D eigenvalue weighted by Crippen LogP contribution is 2.45. The maximum absolute atomic E-state index is 12.7. The predicted molar refractivity (Wildman–Crippen MR) is 85.0 cm³/mol. The van der Waals surface area contributed by atoms with E-state index >= 15 is 0 Å². The van der Waals surface area contributed by atoms with Crippen molar-refractivity contribution in [2.24, 2.45) is 0 Å². The number of aldehydes is 1. The average Bonchev–Trinajstić information content (AvgIpc) is 2.50. The van der Waals surface area contributed by atoms with Crippen molar-refractivity contribution in [1.82, 2.24) is 0 Å². The molecule has 120 valence electrons. The Morgan fingerprint density at radius 3 is 2.64 bits per heavy atom. The average molecular weight is 305 g/mol. The normalized spacial score (nSPS) is 16.0. The molecule has 0 atom stereocenters. The molecule has 22 heavy (non-hydrogen) atoms. The number of benzene rings is 1. The lowest BCUT2D eigenvalue weighted by Crippen LogP contribution is -2.52. The summed E-state index contributed by atoms with van der Waals surface area (Å²) in [6, 6.07) is 3.31. The first kappa shape index (κ1) is 16.3. The SMILES string of the molecule is CCCCCN1C(=O)C(C)(C)Oc2c(OC)cc(C=O)cc21. The Morgan fingerprint density at radius 2 is 2.05 bits per heavy atom. The first-order valence-electron chi connectivity index (χ1n) is 7.62. The Kier molecular flexibility index (Phi) is 4.74. The highest BCUT2D eigenvalue weighted by Gasteiger charge is 2.42. The Balaban J connectivity index is 2.50. The van der Waals surface area contributed by atoms with Crippen LogP contribution in [0.5, 0.6) is 11.5 Å². The summed E-state index contributed by atoms with van der Waals surface area (Å²) in [5, 5.41) is 0. The molecular weight excluding hydrogens is 282 g/mol. The number of rotatable bonds is 6. The van der Waals surface area contributed by atoms with Gasteiger partial charge < -0.3 is 14.4 Å². The van der Waals surface area contributed by atoms with Crippen molar-refractivity contribution in [2.45, 2.75) is 45.6 Å². The molecule has 0 N–H and O–H groups in total. The Bertz CT molecular complexity index is 580. The van der Waals surface area contributed by atoms with Gasteiger partial charge in [-0.1, -0.05) is 19.8 Å². The smallest absolute Gasteiger partial charge is 0.270 e. The molecule has 5 nitrogen and oxygen atoms in total. The monoisotopic (exact) mass is 305 g/mol. The highest BCUT2D eigenvalue weighted by molar-refractivity contribution is 6.03. The molecule has 0 saturated carbocycles. The molecule has 1 amide bonds. The number of nitrogens with zero attached hydrogens (tertiary/aromatic N) is 1. The molecule has 0 aromatic heterocycles. The molecule has 1 aliphatic heterocycles. The number of fused-ring (bicyclic) bond motifs is 1. The highest BCUT2D eigenvalue weighted by atomic mass is 16.5. The van der Waals surface area contributed by atoms with Crippen molar-refractivity contribution in [3.8, 4) is 11.5 Å². The molecule has 1 heterocycles. The van der Waals surface area contributed by atoms with Crippen LogP contribution in [0.1, 0.15) is 50.4 Å². The number of hydrogen-bond donors (Lipinski definition) is 0. The molecule has 5 heteroatoms. The van der Waals surface area contributed by atoms with E-state index < -0.39 is 5.60 Å². The molecule has 0 fully saturated rings. The zero-order valence-electron chi connectivity index (χ0n) is 13.6. The maximum Gasteiger partial charge on any atom is 0.270 e. The molecule has 2 rings (SSSR count). The third kappa shape index (κ3) is 2.93. The minimum absolute atomic E-state index is 0.0961. The van der Waals surface area contributed by atoms with Gasteiger partial charge in [0.25, 0.3) is 5.91 Å². The second kappa shape index (κ2) is 6.38. The van der Waals surface area contributed by atoms with Crippen molar-refractivity contribution in [3.05, 3.63) is 17.7 Å². The summed E-state index contributed by atoms with van der Waals surface area (Å²) in [6.45, 7) is 6.22. The van der Waals surface area contributed by atoms with Gasteiger partial charge in [-0.15, -0.1) is 0 Å². The Hall–Kier alpha value is -2.04. The van der Waals surface area contributed by atoms with Crippen molar-refractivity contribution >= 4 is 17.9 Å². The van der Waals surface area contributed by atoms with Gasteiger partial charge in [0, 0.05) is 12.1 Å². The zero-order chi connectivity index (χ0) is 16.3. The van der Waals surface area contributed by atoms with Gasteiger partial charge in [0.05, 0.1) is 12.8 Å². The van der Waals surface area contributed by atoms with Crippen LogP contribution in [0.25, 0.3) is 0 Å². The second-order valence-electron chi connectivity index (χ2n) is 5.97. The van der Waals surface area contributed by atoms with Crippen LogP contribution in [0.3, 0.4) is 0 Å². The number of ether oxygens (including phenoxy) is 2. The Labute approximate surface area is 131 Å². The fourth-order valence-corrected chi connectivity index (χ4v) is 2.61. The fourth-order valence-electron chi connectivity index (χ4n) is 2.61. The van der Waals surface area contributed by atoms with Crippen LogP contribution in [0, 0.1) is 0 Å². The van der Waals surface area contributed by atoms with Gasteiger partial charge in [-0.25, -0.2) is 0 Å². The lowest BCUT2D eigenvalue weighted by Gasteiger charge is -2.39. The third-order valence-corrected chi connectivity index (χ3v) is 3.81. The van der Waals surface area contributed by atoms with Gasteiger partial charge in [-0.3, -0.25) is 9.59 Å².